The number of carbonyl (C=O) groups is 2. The van der Waals surface area contributed by atoms with Crippen LogP contribution in [0.5, 0.6) is 0 Å². The van der Waals surface area contributed by atoms with Crippen LogP contribution in [0.3, 0.4) is 0 Å². The van der Waals surface area contributed by atoms with E-state index >= 15 is 0 Å². The topological polar surface area (TPSA) is 66.4 Å². The van der Waals surface area contributed by atoms with Gasteiger partial charge in [-0.2, -0.15) is 0 Å². The molecule has 2 rings (SSSR count). The van der Waals surface area contributed by atoms with Crippen LogP contribution in [-0.2, 0) is 22.4 Å². The maximum Gasteiger partial charge on any atom is 0.305 e. The van der Waals surface area contributed by atoms with Crippen LogP contribution in [-0.4, -0.2) is 23.2 Å². The van der Waals surface area contributed by atoms with E-state index < -0.39 is 12.0 Å². The molecular formula is C20H23NO3S. The number of benzene rings is 2. The number of aliphatic carboxylic acids is 1. The van der Waals surface area contributed by atoms with Gasteiger partial charge >= 0.3 is 5.97 Å². The molecule has 2 N–H and O–H groups in total. The number of hydrogen-bond donors (Lipinski definition) is 2. The molecule has 2 aromatic carbocycles. The predicted octanol–water partition coefficient (Wildman–Crippen LogP) is 3.85. The molecule has 132 valence electrons. The zero-order valence-corrected chi connectivity index (χ0v) is 15.3. The summed E-state index contributed by atoms with van der Waals surface area (Å²) >= 11 is 1.62. The van der Waals surface area contributed by atoms with E-state index in [1.165, 1.54) is 0 Å². The summed E-state index contributed by atoms with van der Waals surface area (Å²) < 4.78 is 0. The van der Waals surface area contributed by atoms with E-state index in [1.807, 2.05) is 54.8 Å². The molecule has 4 nitrogen and oxygen atoms in total. The molecule has 0 heterocycles. The molecule has 1 unspecified atom stereocenters. The number of thioether (sulfide) groups is 1. The van der Waals surface area contributed by atoms with Gasteiger partial charge in [-0.1, -0.05) is 43.3 Å². The smallest absolute Gasteiger partial charge is 0.305 e. The lowest BCUT2D eigenvalue weighted by Crippen LogP contribution is -2.31. The van der Waals surface area contributed by atoms with Crippen molar-refractivity contribution in [3.05, 3.63) is 65.2 Å². The van der Waals surface area contributed by atoms with Gasteiger partial charge in [0.1, 0.15) is 0 Å². The van der Waals surface area contributed by atoms with Crippen molar-refractivity contribution < 1.29 is 14.7 Å². The van der Waals surface area contributed by atoms with Crippen LogP contribution in [0.4, 0.5) is 0 Å². The molecule has 0 bridgehead atoms. The summed E-state index contributed by atoms with van der Waals surface area (Å²) in [6.45, 7) is 2.05. The number of nitrogens with one attached hydrogen (secondary N) is 1. The van der Waals surface area contributed by atoms with Crippen molar-refractivity contribution in [3.8, 4) is 0 Å². The monoisotopic (exact) mass is 357 g/mol. The molecule has 0 spiro atoms. The zero-order valence-electron chi connectivity index (χ0n) is 14.5. The molecule has 1 amide bonds. The highest BCUT2D eigenvalue weighted by Gasteiger charge is 2.18. The molecule has 0 fully saturated rings. The van der Waals surface area contributed by atoms with E-state index in [0.717, 1.165) is 28.0 Å². The highest BCUT2D eigenvalue weighted by atomic mass is 32.2. The molecule has 25 heavy (non-hydrogen) atoms. The SMILES string of the molecule is CCc1ccccc1CC(=O)NC(CC(=O)O)c1ccc(SC)cc1. The van der Waals surface area contributed by atoms with E-state index in [-0.39, 0.29) is 18.7 Å². The number of aryl methyl sites for hydroxylation is 1. The van der Waals surface area contributed by atoms with E-state index in [4.69, 9.17) is 0 Å². The van der Waals surface area contributed by atoms with E-state index in [1.54, 1.807) is 11.8 Å². The van der Waals surface area contributed by atoms with Gasteiger partial charge in [0.2, 0.25) is 5.91 Å². The summed E-state index contributed by atoms with van der Waals surface area (Å²) in [6, 6.07) is 14.9. The molecule has 0 saturated carbocycles. The third-order valence-corrected chi connectivity index (χ3v) is 4.83. The first kappa shape index (κ1) is 19.1. The van der Waals surface area contributed by atoms with E-state index in [2.05, 4.69) is 12.2 Å². The summed E-state index contributed by atoms with van der Waals surface area (Å²) in [4.78, 5) is 24.7. The van der Waals surface area contributed by atoms with Crippen LogP contribution in [0.15, 0.2) is 53.4 Å². The van der Waals surface area contributed by atoms with Gasteiger partial charge in [0.25, 0.3) is 0 Å². The third kappa shape index (κ3) is 5.64. The van der Waals surface area contributed by atoms with Crippen molar-refractivity contribution in [3.63, 3.8) is 0 Å². The zero-order chi connectivity index (χ0) is 18.2. The van der Waals surface area contributed by atoms with Crippen LogP contribution in [0.25, 0.3) is 0 Å². The number of rotatable bonds is 8. The molecule has 5 heteroatoms. The minimum Gasteiger partial charge on any atom is -0.481 e. The van der Waals surface area contributed by atoms with Gasteiger partial charge in [0.05, 0.1) is 18.9 Å². The average molecular weight is 357 g/mol. The molecule has 0 aliphatic heterocycles. The van der Waals surface area contributed by atoms with Crippen molar-refractivity contribution in [2.24, 2.45) is 0 Å². The van der Waals surface area contributed by atoms with Crippen molar-refractivity contribution in [1.29, 1.82) is 0 Å². The molecule has 0 aromatic heterocycles. The van der Waals surface area contributed by atoms with Crippen LogP contribution in [0, 0.1) is 0 Å². The van der Waals surface area contributed by atoms with Crippen LogP contribution >= 0.6 is 11.8 Å². The third-order valence-electron chi connectivity index (χ3n) is 4.08. The summed E-state index contributed by atoms with van der Waals surface area (Å²) in [6.07, 6.45) is 2.96. The second-order valence-electron chi connectivity index (χ2n) is 5.79. The Kier molecular flexibility index (Phi) is 7.07. The molecule has 0 aliphatic carbocycles. The number of carboxylic acid groups (broad SMARTS) is 1. The second-order valence-corrected chi connectivity index (χ2v) is 6.67. The molecule has 0 radical (unpaired) electrons. The van der Waals surface area contributed by atoms with Gasteiger partial charge in [-0.3, -0.25) is 9.59 Å². The Morgan fingerprint density at radius 1 is 1.08 bits per heavy atom. The Labute approximate surface area is 152 Å². The van der Waals surface area contributed by atoms with Crippen molar-refractivity contribution in [2.45, 2.75) is 37.1 Å². The van der Waals surface area contributed by atoms with Crippen molar-refractivity contribution >= 4 is 23.6 Å². The largest absolute Gasteiger partial charge is 0.481 e. The van der Waals surface area contributed by atoms with Gasteiger partial charge in [-0.05, 0) is 41.5 Å². The van der Waals surface area contributed by atoms with Crippen LogP contribution in [0.2, 0.25) is 0 Å². The molecule has 2 aromatic rings. The lowest BCUT2D eigenvalue weighted by molar-refractivity contribution is -0.137. The van der Waals surface area contributed by atoms with Gasteiger partial charge in [0.15, 0.2) is 0 Å². The first-order valence-corrected chi connectivity index (χ1v) is 9.47. The lowest BCUT2D eigenvalue weighted by Gasteiger charge is -2.18. The summed E-state index contributed by atoms with van der Waals surface area (Å²) in [5, 5.41) is 12.1. The van der Waals surface area contributed by atoms with Gasteiger partial charge in [0, 0.05) is 4.90 Å². The van der Waals surface area contributed by atoms with Gasteiger partial charge in [-0.25, -0.2) is 0 Å². The van der Waals surface area contributed by atoms with Crippen LogP contribution in [0.1, 0.15) is 36.1 Å². The van der Waals surface area contributed by atoms with Crippen LogP contribution < -0.4 is 5.32 Å². The van der Waals surface area contributed by atoms with Gasteiger partial charge < -0.3 is 10.4 Å². The number of carbonyl (C=O) groups excluding carboxylic acids is 1. The Hall–Kier alpha value is -2.27. The Balaban J connectivity index is 2.12. The first-order chi connectivity index (χ1) is 12.0. The average Bonchev–Trinajstić information content (AvgIpc) is 2.61. The van der Waals surface area contributed by atoms with Crippen molar-refractivity contribution in [1.82, 2.24) is 5.32 Å². The fourth-order valence-corrected chi connectivity index (χ4v) is 3.16. The minimum absolute atomic E-state index is 0.139. The minimum atomic E-state index is -0.937. The number of carboxylic acids is 1. The summed E-state index contributed by atoms with van der Waals surface area (Å²) in [5.74, 6) is -1.10. The normalized spacial score (nSPS) is 11.8. The Morgan fingerprint density at radius 3 is 2.28 bits per heavy atom. The Bertz CT molecular complexity index is 728. The molecule has 1 atom stereocenters. The van der Waals surface area contributed by atoms with E-state index in [0.29, 0.717) is 0 Å². The maximum atomic E-state index is 12.5. The number of amides is 1. The van der Waals surface area contributed by atoms with Crippen molar-refractivity contribution in [2.75, 3.05) is 6.26 Å². The predicted molar refractivity (Wildman–Crippen MR) is 101 cm³/mol. The Morgan fingerprint density at radius 2 is 1.72 bits per heavy atom. The molecule has 0 aliphatic rings. The quantitative estimate of drug-likeness (QED) is 0.704. The first-order valence-electron chi connectivity index (χ1n) is 8.25. The fourth-order valence-electron chi connectivity index (χ4n) is 2.76. The number of hydrogen-bond acceptors (Lipinski definition) is 3. The summed E-state index contributed by atoms with van der Waals surface area (Å²) in [7, 11) is 0. The van der Waals surface area contributed by atoms with E-state index in [9.17, 15) is 14.7 Å². The maximum absolute atomic E-state index is 12.5. The second kappa shape index (κ2) is 9.28. The highest BCUT2D eigenvalue weighted by molar-refractivity contribution is 7.98. The van der Waals surface area contributed by atoms with Gasteiger partial charge in [-0.15, -0.1) is 11.8 Å². The lowest BCUT2D eigenvalue weighted by atomic mass is 10.0. The standard InChI is InChI=1S/C20H23NO3S/c1-3-14-6-4-5-7-16(14)12-19(22)21-18(13-20(23)24)15-8-10-17(25-2)11-9-15/h4-11,18H,3,12-13H2,1-2H3,(H,21,22)(H,23,24). The summed E-state index contributed by atoms with van der Waals surface area (Å²) in [5.41, 5.74) is 2.92. The molecular weight excluding hydrogens is 334 g/mol. The highest BCUT2D eigenvalue weighted by Crippen LogP contribution is 2.22. The molecule has 0 saturated heterocycles. The fraction of sp³-hybridized carbons (Fsp3) is 0.300.